The largest absolute Gasteiger partial charge is 0.366 e. The minimum absolute atomic E-state index is 0.225. The fraction of sp³-hybridized carbons (Fsp3) is 0.176. The molecule has 23 heavy (non-hydrogen) atoms. The molecule has 0 fully saturated rings. The normalized spacial score (nSPS) is 12.6. The fourth-order valence-corrected chi connectivity index (χ4v) is 2.36. The van der Waals surface area contributed by atoms with E-state index in [0.717, 1.165) is 0 Å². The second kappa shape index (κ2) is 6.58. The second-order valence-corrected chi connectivity index (χ2v) is 5.09. The Morgan fingerprint density at radius 2 is 1.65 bits per heavy atom. The fourth-order valence-electron chi connectivity index (χ4n) is 2.36. The van der Waals surface area contributed by atoms with Gasteiger partial charge >= 0.3 is 0 Å². The van der Waals surface area contributed by atoms with E-state index in [9.17, 15) is 14.0 Å². The number of amides is 2. The summed E-state index contributed by atoms with van der Waals surface area (Å²) in [6.45, 7) is 1.58. The number of hydrogen-bond donors (Lipinski definition) is 2. The van der Waals surface area contributed by atoms with E-state index in [4.69, 9.17) is 16.2 Å². The van der Waals surface area contributed by atoms with E-state index in [1.54, 1.807) is 31.2 Å². The van der Waals surface area contributed by atoms with E-state index in [1.165, 1.54) is 30.3 Å². The Morgan fingerprint density at radius 1 is 1.04 bits per heavy atom. The molecule has 0 spiro atoms. The Hall–Kier alpha value is -2.73. The first-order valence-electron chi connectivity index (χ1n) is 6.96. The zero-order valence-electron chi connectivity index (χ0n) is 12.5. The summed E-state index contributed by atoms with van der Waals surface area (Å²) >= 11 is 0. The Bertz CT molecular complexity index is 705. The molecule has 1 atom stereocenters. The summed E-state index contributed by atoms with van der Waals surface area (Å²) in [6.07, 6.45) is -0.786. The molecule has 4 N–H and O–H groups in total. The van der Waals surface area contributed by atoms with Gasteiger partial charge in [0.1, 0.15) is 5.82 Å². The zero-order chi connectivity index (χ0) is 17.0. The quantitative estimate of drug-likeness (QED) is 0.795. The standard InChI is InChI=1S/C17H17FN2O3/c1-11(12-6-5-9-14(18)10-12)23-17(15(19)21,16(20)22)13-7-3-2-4-8-13/h2-11H,1H3,(H2,19,21)(H2,20,22). The van der Waals surface area contributed by atoms with Gasteiger partial charge in [0, 0.05) is 5.56 Å². The molecule has 5 nitrogen and oxygen atoms in total. The molecule has 6 heteroatoms. The first-order chi connectivity index (χ1) is 10.9. The highest BCUT2D eigenvalue weighted by Gasteiger charge is 2.47. The van der Waals surface area contributed by atoms with Gasteiger partial charge in [-0.05, 0) is 24.6 Å². The SMILES string of the molecule is CC(OC(C(N)=O)(C(N)=O)c1ccccc1)c1cccc(F)c1. The third-order valence-corrected chi connectivity index (χ3v) is 3.55. The maximum absolute atomic E-state index is 13.4. The van der Waals surface area contributed by atoms with Crippen molar-refractivity contribution in [1.29, 1.82) is 0 Å². The van der Waals surface area contributed by atoms with E-state index >= 15 is 0 Å². The predicted octanol–water partition coefficient (Wildman–Crippen LogP) is 1.77. The smallest absolute Gasteiger partial charge is 0.264 e. The van der Waals surface area contributed by atoms with Crippen LogP contribution in [0.5, 0.6) is 0 Å². The van der Waals surface area contributed by atoms with Gasteiger partial charge in [0.05, 0.1) is 6.10 Å². The second-order valence-electron chi connectivity index (χ2n) is 5.09. The predicted molar refractivity (Wildman–Crippen MR) is 82.4 cm³/mol. The maximum Gasteiger partial charge on any atom is 0.264 e. The highest BCUT2D eigenvalue weighted by atomic mass is 19.1. The van der Waals surface area contributed by atoms with Gasteiger partial charge in [-0.25, -0.2) is 4.39 Å². The number of benzene rings is 2. The Morgan fingerprint density at radius 3 is 2.17 bits per heavy atom. The summed E-state index contributed by atoms with van der Waals surface area (Å²) in [5.74, 6) is -2.51. The van der Waals surface area contributed by atoms with E-state index in [1.807, 2.05) is 0 Å². The van der Waals surface area contributed by atoms with E-state index in [0.29, 0.717) is 5.56 Å². The Labute approximate surface area is 133 Å². The molecule has 2 amide bonds. The lowest BCUT2D eigenvalue weighted by molar-refractivity contribution is -0.166. The van der Waals surface area contributed by atoms with Crippen LogP contribution in [0, 0.1) is 5.82 Å². The number of carbonyl (C=O) groups excluding carboxylic acids is 2. The number of hydrogen-bond acceptors (Lipinski definition) is 3. The van der Waals surface area contributed by atoms with Crippen molar-refractivity contribution in [1.82, 2.24) is 0 Å². The van der Waals surface area contributed by atoms with Gasteiger partial charge < -0.3 is 16.2 Å². The molecular weight excluding hydrogens is 299 g/mol. The van der Waals surface area contributed by atoms with Crippen LogP contribution in [0.1, 0.15) is 24.2 Å². The van der Waals surface area contributed by atoms with Crippen molar-refractivity contribution in [2.45, 2.75) is 18.6 Å². The van der Waals surface area contributed by atoms with Crippen LogP contribution in [-0.2, 0) is 19.9 Å². The van der Waals surface area contributed by atoms with Gasteiger partial charge in [-0.3, -0.25) is 9.59 Å². The molecule has 0 aliphatic heterocycles. The van der Waals surface area contributed by atoms with Crippen molar-refractivity contribution in [2.75, 3.05) is 0 Å². The lowest BCUT2D eigenvalue weighted by Gasteiger charge is -2.31. The molecule has 0 aliphatic carbocycles. The van der Waals surface area contributed by atoms with E-state index in [2.05, 4.69) is 0 Å². The third-order valence-electron chi connectivity index (χ3n) is 3.55. The summed E-state index contributed by atoms with van der Waals surface area (Å²) in [5, 5.41) is 0. The average Bonchev–Trinajstić information content (AvgIpc) is 2.52. The number of nitrogens with two attached hydrogens (primary N) is 2. The summed E-state index contributed by atoms with van der Waals surface area (Å²) in [6, 6.07) is 13.7. The van der Waals surface area contributed by atoms with Crippen molar-refractivity contribution in [3.63, 3.8) is 0 Å². The van der Waals surface area contributed by atoms with Crippen LogP contribution in [-0.4, -0.2) is 11.8 Å². The minimum Gasteiger partial charge on any atom is -0.366 e. The number of primary amides is 2. The minimum atomic E-state index is -2.13. The van der Waals surface area contributed by atoms with Crippen molar-refractivity contribution in [3.8, 4) is 0 Å². The van der Waals surface area contributed by atoms with Crippen LogP contribution < -0.4 is 11.5 Å². The van der Waals surface area contributed by atoms with Crippen LogP contribution in [0.3, 0.4) is 0 Å². The molecule has 0 aromatic heterocycles. The monoisotopic (exact) mass is 316 g/mol. The van der Waals surface area contributed by atoms with Crippen molar-refractivity contribution >= 4 is 11.8 Å². The zero-order valence-corrected chi connectivity index (χ0v) is 12.5. The Balaban J connectivity index is 2.47. The molecule has 2 aromatic rings. The lowest BCUT2D eigenvalue weighted by atomic mass is 9.91. The van der Waals surface area contributed by atoms with E-state index < -0.39 is 29.3 Å². The lowest BCUT2D eigenvalue weighted by Crippen LogP contribution is -2.53. The summed E-state index contributed by atoms with van der Waals surface area (Å²) < 4.78 is 19.0. The number of halogens is 1. The molecule has 0 radical (unpaired) electrons. The van der Waals surface area contributed by atoms with Crippen molar-refractivity contribution < 1.29 is 18.7 Å². The van der Waals surface area contributed by atoms with Crippen LogP contribution in [0.25, 0.3) is 0 Å². The molecular formula is C17H17FN2O3. The highest BCUT2D eigenvalue weighted by molar-refractivity contribution is 6.08. The molecule has 2 aromatic carbocycles. The topological polar surface area (TPSA) is 95.4 Å². The van der Waals surface area contributed by atoms with Crippen LogP contribution >= 0.6 is 0 Å². The van der Waals surface area contributed by atoms with Crippen molar-refractivity contribution in [2.24, 2.45) is 11.5 Å². The molecule has 0 aliphatic rings. The summed E-state index contributed by atoms with van der Waals surface area (Å²) in [4.78, 5) is 24.0. The summed E-state index contributed by atoms with van der Waals surface area (Å²) in [5.41, 5.74) is 9.39. The molecule has 0 heterocycles. The van der Waals surface area contributed by atoms with Gasteiger partial charge in [0.2, 0.25) is 0 Å². The number of ether oxygens (including phenoxy) is 1. The summed E-state index contributed by atoms with van der Waals surface area (Å²) in [7, 11) is 0. The Kier molecular flexibility index (Phi) is 4.76. The van der Waals surface area contributed by atoms with E-state index in [-0.39, 0.29) is 5.56 Å². The van der Waals surface area contributed by atoms with Crippen LogP contribution in [0.4, 0.5) is 4.39 Å². The maximum atomic E-state index is 13.4. The third kappa shape index (κ3) is 3.22. The molecule has 1 unspecified atom stereocenters. The molecule has 120 valence electrons. The average molecular weight is 316 g/mol. The van der Waals surface area contributed by atoms with Crippen LogP contribution in [0.2, 0.25) is 0 Å². The molecule has 2 rings (SSSR count). The van der Waals surface area contributed by atoms with Crippen LogP contribution in [0.15, 0.2) is 54.6 Å². The first kappa shape index (κ1) is 16.6. The number of rotatable bonds is 6. The van der Waals surface area contributed by atoms with Gasteiger partial charge in [-0.2, -0.15) is 0 Å². The number of carbonyl (C=O) groups is 2. The van der Waals surface area contributed by atoms with Crippen molar-refractivity contribution in [3.05, 3.63) is 71.5 Å². The van der Waals surface area contributed by atoms with Gasteiger partial charge in [-0.15, -0.1) is 0 Å². The first-order valence-corrected chi connectivity index (χ1v) is 6.96. The van der Waals surface area contributed by atoms with Gasteiger partial charge in [0.15, 0.2) is 0 Å². The highest BCUT2D eigenvalue weighted by Crippen LogP contribution is 2.32. The van der Waals surface area contributed by atoms with Gasteiger partial charge in [0.25, 0.3) is 17.4 Å². The van der Waals surface area contributed by atoms with Gasteiger partial charge in [-0.1, -0.05) is 42.5 Å². The molecule has 0 saturated heterocycles. The molecule has 0 saturated carbocycles. The molecule has 0 bridgehead atoms.